The van der Waals surface area contributed by atoms with Crippen LogP contribution in [0.25, 0.3) is 5.69 Å². The minimum Gasteiger partial charge on any atom is -0.338 e. The second-order valence-electron chi connectivity index (χ2n) is 8.50. The van der Waals surface area contributed by atoms with Crippen LogP contribution in [0.1, 0.15) is 44.5 Å². The van der Waals surface area contributed by atoms with Crippen LogP contribution in [0.5, 0.6) is 0 Å². The first-order chi connectivity index (χ1) is 16.2. The first kappa shape index (κ1) is 23.5. The monoisotopic (exact) mass is 463 g/mol. The number of hydrogen-bond donors (Lipinski definition) is 0. The Kier molecular flexibility index (Phi) is 8.18. The lowest BCUT2D eigenvalue weighted by Crippen LogP contribution is -2.36. The van der Waals surface area contributed by atoms with Crippen molar-refractivity contribution in [2.45, 2.75) is 56.6 Å². The average molecular weight is 464 g/mol. The molecule has 0 N–H and O–H groups in total. The van der Waals surface area contributed by atoms with E-state index < -0.39 is 0 Å². The number of hydrogen-bond acceptors (Lipinski definition) is 5. The van der Waals surface area contributed by atoms with Crippen molar-refractivity contribution in [2.24, 2.45) is 0 Å². The summed E-state index contributed by atoms with van der Waals surface area (Å²) in [5, 5.41) is 9.59. The van der Waals surface area contributed by atoms with Crippen LogP contribution in [0.2, 0.25) is 0 Å². The lowest BCUT2D eigenvalue weighted by atomic mass is 10.1. The predicted molar refractivity (Wildman–Crippen MR) is 133 cm³/mol. The highest BCUT2D eigenvalue weighted by Gasteiger charge is 2.25. The van der Waals surface area contributed by atoms with Crippen molar-refractivity contribution in [3.05, 3.63) is 72.1 Å². The molecule has 1 aromatic heterocycles. The maximum absolute atomic E-state index is 13.3. The number of carbonyl (C=O) groups is 1. The van der Waals surface area contributed by atoms with Gasteiger partial charge in [-0.1, -0.05) is 66.7 Å². The van der Waals surface area contributed by atoms with Gasteiger partial charge in [-0.15, -0.1) is 10.2 Å². The molecule has 1 unspecified atom stereocenters. The number of carbonyl (C=O) groups excluding carboxylic acids is 1. The zero-order valence-electron chi connectivity index (χ0n) is 19.6. The van der Waals surface area contributed by atoms with E-state index in [1.165, 1.54) is 31.0 Å². The lowest BCUT2D eigenvalue weighted by Gasteiger charge is -2.26. The zero-order valence-corrected chi connectivity index (χ0v) is 20.4. The average Bonchev–Trinajstić information content (AvgIpc) is 3.25. The van der Waals surface area contributed by atoms with Gasteiger partial charge in [-0.3, -0.25) is 14.3 Å². The van der Waals surface area contributed by atoms with Crippen LogP contribution >= 0.6 is 11.8 Å². The third-order valence-electron chi connectivity index (χ3n) is 6.07. The standard InChI is InChI=1S/C26H33N5OS/c1-3-30(19-22-13-7-4-8-14-22)25(32)21(2)33-26-28-27-24(20-29-17-11-6-12-18-29)31(26)23-15-9-5-10-16-23/h4-5,7-10,13-16,21H,3,6,11-12,17-20H2,1-2H3. The zero-order chi connectivity index (χ0) is 23.0. The summed E-state index contributed by atoms with van der Waals surface area (Å²) in [4.78, 5) is 17.7. The van der Waals surface area contributed by atoms with Crippen molar-refractivity contribution < 1.29 is 4.79 Å². The Bertz CT molecular complexity index is 1020. The first-order valence-electron chi connectivity index (χ1n) is 11.9. The maximum Gasteiger partial charge on any atom is 0.236 e. The van der Waals surface area contributed by atoms with Gasteiger partial charge < -0.3 is 4.90 Å². The second-order valence-corrected chi connectivity index (χ2v) is 9.81. The molecule has 0 bridgehead atoms. The maximum atomic E-state index is 13.3. The van der Waals surface area contributed by atoms with Gasteiger partial charge in [0.15, 0.2) is 11.0 Å². The molecule has 1 saturated heterocycles. The Morgan fingerprint density at radius 3 is 2.33 bits per heavy atom. The summed E-state index contributed by atoms with van der Waals surface area (Å²) >= 11 is 1.49. The molecule has 6 nitrogen and oxygen atoms in total. The third kappa shape index (κ3) is 6.03. The summed E-state index contributed by atoms with van der Waals surface area (Å²) < 4.78 is 2.12. The van der Waals surface area contributed by atoms with E-state index in [-0.39, 0.29) is 11.2 Å². The van der Waals surface area contributed by atoms with Crippen molar-refractivity contribution in [3.63, 3.8) is 0 Å². The van der Waals surface area contributed by atoms with E-state index in [9.17, 15) is 4.79 Å². The molecule has 1 fully saturated rings. The van der Waals surface area contributed by atoms with Crippen LogP contribution in [0, 0.1) is 0 Å². The van der Waals surface area contributed by atoms with Gasteiger partial charge in [0.05, 0.1) is 11.8 Å². The minimum absolute atomic E-state index is 0.117. The summed E-state index contributed by atoms with van der Waals surface area (Å²) in [6.07, 6.45) is 3.78. The fraction of sp³-hybridized carbons (Fsp3) is 0.423. The van der Waals surface area contributed by atoms with Crippen LogP contribution in [-0.4, -0.2) is 55.4 Å². The number of nitrogens with zero attached hydrogens (tertiary/aromatic N) is 5. The number of para-hydroxylation sites is 1. The fourth-order valence-electron chi connectivity index (χ4n) is 4.25. The van der Waals surface area contributed by atoms with E-state index in [1.807, 2.05) is 55.1 Å². The summed E-state index contributed by atoms with van der Waals surface area (Å²) in [5.41, 5.74) is 2.18. The molecule has 1 aliphatic heterocycles. The summed E-state index contributed by atoms with van der Waals surface area (Å²) in [6, 6.07) is 20.4. The van der Waals surface area contributed by atoms with Gasteiger partial charge >= 0.3 is 0 Å². The number of thioether (sulfide) groups is 1. The topological polar surface area (TPSA) is 54.3 Å². The second kappa shape index (κ2) is 11.5. The molecule has 1 amide bonds. The smallest absolute Gasteiger partial charge is 0.236 e. The van der Waals surface area contributed by atoms with Gasteiger partial charge in [-0.25, -0.2) is 0 Å². The number of benzene rings is 2. The molecule has 4 rings (SSSR count). The molecule has 174 valence electrons. The Morgan fingerprint density at radius 1 is 1.00 bits per heavy atom. The Morgan fingerprint density at radius 2 is 1.67 bits per heavy atom. The molecular weight excluding hydrogens is 430 g/mol. The quantitative estimate of drug-likeness (QED) is 0.428. The number of rotatable bonds is 9. The minimum atomic E-state index is -0.261. The summed E-state index contributed by atoms with van der Waals surface area (Å²) in [7, 11) is 0. The van der Waals surface area contributed by atoms with E-state index in [4.69, 9.17) is 0 Å². The van der Waals surface area contributed by atoms with Crippen LogP contribution in [0.4, 0.5) is 0 Å². The lowest BCUT2D eigenvalue weighted by molar-refractivity contribution is -0.130. The highest BCUT2D eigenvalue weighted by Crippen LogP contribution is 2.28. The van der Waals surface area contributed by atoms with E-state index >= 15 is 0 Å². The predicted octanol–water partition coefficient (Wildman–Crippen LogP) is 4.78. The Labute approximate surface area is 201 Å². The fourth-order valence-corrected chi connectivity index (χ4v) is 5.22. The van der Waals surface area contributed by atoms with Gasteiger partial charge in [0.25, 0.3) is 0 Å². The van der Waals surface area contributed by atoms with Crippen LogP contribution in [0.3, 0.4) is 0 Å². The van der Waals surface area contributed by atoms with E-state index in [0.717, 1.165) is 41.9 Å². The molecule has 2 heterocycles. The largest absolute Gasteiger partial charge is 0.338 e. The van der Waals surface area contributed by atoms with Gasteiger partial charge in [-0.2, -0.15) is 0 Å². The number of amides is 1. The molecule has 33 heavy (non-hydrogen) atoms. The molecule has 2 aromatic carbocycles. The summed E-state index contributed by atoms with van der Waals surface area (Å²) in [6.45, 7) is 8.26. The first-order valence-corrected chi connectivity index (χ1v) is 12.7. The van der Waals surface area contributed by atoms with Crippen molar-refractivity contribution in [3.8, 4) is 5.69 Å². The molecule has 1 atom stereocenters. The molecule has 7 heteroatoms. The van der Waals surface area contributed by atoms with Crippen LogP contribution < -0.4 is 0 Å². The van der Waals surface area contributed by atoms with Gasteiger partial charge in [0.2, 0.25) is 5.91 Å². The van der Waals surface area contributed by atoms with Crippen molar-refractivity contribution >= 4 is 17.7 Å². The SMILES string of the molecule is CCN(Cc1ccccc1)C(=O)C(C)Sc1nnc(CN2CCCCC2)n1-c1ccccc1. The molecule has 1 aliphatic rings. The van der Waals surface area contributed by atoms with Crippen molar-refractivity contribution in [2.75, 3.05) is 19.6 Å². The molecule has 0 aliphatic carbocycles. The highest BCUT2D eigenvalue weighted by atomic mass is 32.2. The van der Waals surface area contributed by atoms with Gasteiger partial charge in [0, 0.05) is 18.8 Å². The summed E-state index contributed by atoms with van der Waals surface area (Å²) in [5.74, 6) is 1.05. The molecule has 0 radical (unpaired) electrons. The normalized spacial score (nSPS) is 15.3. The molecule has 0 saturated carbocycles. The van der Waals surface area contributed by atoms with Gasteiger partial charge in [0.1, 0.15) is 0 Å². The van der Waals surface area contributed by atoms with E-state index in [2.05, 4.69) is 43.9 Å². The van der Waals surface area contributed by atoms with Crippen LogP contribution in [0.15, 0.2) is 65.8 Å². The van der Waals surface area contributed by atoms with E-state index in [1.54, 1.807) is 0 Å². The van der Waals surface area contributed by atoms with Gasteiger partial charge in [-0.05, 0) is 57.5 Å². The van der Waals surface area contributed by atoms with Crippen molar-refractivity contribution in [1.29, 1.82) is 0 Å². The molecule has 0 spiro atoms. The third-order valence-corrected chi connectivity index (χ3v) is 7.10. The Hall–Kier alpha value is -2.64. The van der Waals surface area contributed by atoms with Crippen LogP contribution in [-0.2, 0) is 17.9 Å². The van der Waals surface area contributed by atoms with E-state index in [0.29, 0.717) is 13.1 Å². The number of piperidine rings is 1. The van der Waals surface area contributed by atoms with Crippen molar-refractivity contribution in [1.82, 2.24) is 24.6 Å². The molecular formula is C26H33N5OS. The Balaban J connectivity index is 1.53. The highest BCUT2D eigenvalue weighted by molar-refractivity contribution is 8.00. The number of aromatic nitrogens is 3. The number of likely N-dealkylation sites (tertiary alicyclic amines) is 1. The molecule has 3 aromatic rings.